The summed E-state index contributed by atoms with van der Waals surface area (Å²) in [6, 6.07) is 18.0. The van der Waals surface area contributed by atoms with E-state index in [0.29, 0.717) is 17.7 Å². The molecule has 0 saturated heterocycles. The average Bonchev–Trinajstić information content (AvgIpc) is 3.31. The molecule has 0 aliphatic rings. The summed E-state index contributed by atoms with van der Waals surface area (Å²) < 4.78 is 28.6. The van der Waals surface area contributed by atoms with Gasteiger partial charge in [-0.25, -0.2) is 8.78 Å². The Hall–Kier alpha value is -3.13. The van der Waals surface area contributed by atoms with Crippen LogP contribution in [0.2, 0.25) is 0 Å². The maximum absolute atomic E-state index is 13.8. The normalized spacial score (nSPS) is 13.0. The molecule has 35 heavy (non-hydrogen) atoms. The van der Waals surface area contributed by atoms with Crippen molar-refractivity contribution in [3.63, 3.8) is 0 Å². The summed E-state index contributed by atoms with van der Waals surface area (Å²) in [4.78, 5) is 13.0. The van der Waals surface area contributed by atoms with Gasteiger partial charge in [-0.2, -0.15) is 0 Å². The summed E-state index contributed by atoms with van der Waals surface area (Å²) in [5.41, 5.74) is 3.14. The van der Waals surface area contributed by atoms with Crippen molar-refractivity contribution in [3.05, 3.63) is 106 Å². The fourth-order valence-electron chi connectivity index (χ4n) is 4.09. The van der Waals surface area contributed by atoms with Crippen LogP contribution in [0, 0.1) is 11.6 Å². The molecule has 7 heteroatoms. The molecular weight excluding hydrogens is 466 g/mol. The summed E-state index contributed by atoms with van der Waals surface area (Å²) in [5, 5.41) is 20.0. The number of aliphatic hydroxyl groups is 1. The van der Waals surface area contributed by atoms with E-state index in [9.17, 15) is 18.7 Å². The fourth-order valence-corrected chi connectivity index (χ4v) is 4.86. The van der Waals surface area contributed by atoms with Crippen LogP contribution in [0.25, 0.3) is 10.1 Å². The molecule has 2 unspecified atom stereocenters. The third-order valence-electron chi connectivity index (χ3n) is 5.96. The molecule has 0 aliphatic heterocycles. The predicted molar refractivity (Wildman–Crippen MR) is 137 cm³/mol. The summed E-state index contributed by atoms with van der Waals surface area (Å²) in [7, 11) is 0. The number of aliphatic hydroxyl groups excluding tert-OH is 1. The summed E-state index contributed by atoms with van der Waals surface area (Å²) >= 11 is 1.59. The summed E-state index contributed by atoms with van der Waals surface area (Å²) in [6.07, 6.45) is 0.0332. The molecule has 4 nitrogen and oxygen atoms in total. The van der Waals surface area contributed by atoms with Crippen molar-refractivity contribution < 1.29 is 18.7 Å². The van der Waals surface area contributed by atoms with Crippen LogP contribution in [0.3, 0.4) is 0 Å². The number of hydrogen-bond donors (Lipinski definition) is 3. The molecule has 0 spiro atoms. The van der Waals surface area contributed by atoms with Gasteiger partial charge in [-0.3, -0.25) is 4.79 Å². The minimum atomic E-state index is -0.982. The van der Waals surface area contributed by atoms with Crippen molar-refractivity contribution in [3.8, 4) is 0 Å². The highest BCUT2D eigenvalue weighted by atomic mass is 32.1. The number of nitrogens with one attached hydrogen (secondary N) is 2. The van der Waals surface area contributed by atoms with E-state index in [1.165, 1.54) is 17.7 Å². The van der Waals surface area contributed by atoms with E-state index in [0.717, 1.165) is 28.1 Å². The van der Waals surface area contributed by atoms with Gasteiger partial charge in [0.1, 0.15) is 11.6 Å². The number of fused-ring (bicyclic) bond motifs is 1. The highest BCUT2D eigenvalue weighted by molar-refractivity contribution is 7.17. The second-order valence-electron chi connectivity index (χ2n) is 8.61. The molecule has 2 atom stereocenters. The number of aryl methyl sites for hydroxylation is 1. The van der Waals surface area contributed by atoms with Crippen molar-refractivity contribution >= 4 is 27.3 Å². The SMILES string of the molecule is CCc1cccc(CNCC(O)C(Cc2cc(F)cc(F)c2)NC(=O)c2ccc3sccc3c2)c1. The monoisotopic (exact) mass is 494 g/mol. The molecule has 1 aromatic heterocycles. The van der Waals surface area contributed by atoms with Gasteiger partial charge in [-0.05, 0) is 76.7 Å². The van der Waals surface area contributed by atoms with Gasteiger partial charge in [-0.15, -0.1) is 11.3 Å². The molecule has 3 aromatic carbocycles. The van der Waals surface area contributed by atoms with Crippen LogP contribution in [-0.4, -0.2) is 29.7 Å². The number of hydrogen-bond acceptors (Lipinski definition) is 4. The Morgan fingerprint density at radius 1 is 0.971 bits per heavy atom. The summed E-state index contributed by atoms with van der Waals surface area (Å²) in [5.74, 6) is -1.75. The van der Waals surface area contributed by atoms with Crippen LogP contribution < -0.4 is 10.6 Å². The predicted octanol–water partition coefficient (Wildman–Crippen LogP) is 5.23. The Morgan fingerprint density at radius 3 is 2.51 bits per heavy atom. The lowest BCUT2D eigenvalue weighted by atomic mass is 10.00. The fraction of sp³-hybridized carbons (Fsp3) is 0.250. The molecule has 0 fully saturated rings. The van der Waals surface area contributed by atoms with E-state index in [-0.39, 0.29) is 18.9 Å². The largest absolute Gasteiger partial charge is 0.390 e. The molecule has 1 heterocycles. The Morgan fingerprint density at radius 2 is 1.74 bits per heavy atom. The third-order valence-corrected chi connectivity index (χ3v) is 6.85. The van der Waals surface area contributed by atoms with E-state index in [4.69, 9.17) is 0 Å². The van der Waals surface area contributed by atoms with Crippen molar-refractivity contribution in [2.24, 2.45) is 0 Å². The van der Waals surface area contributed by atoms with Crippen LogP contribution in [0.1, 0.15) is 34.0 Å². The van der Waals surface area contributed by atoms with Crippen LogP contribution in [0.4, 0.5) is 8.78 Å². The molecule has 0 bridgehead atoms. The number of thiophene rings is 1. The number of benzene rings is 3. The van der Waals surface area contributed by atoms with Gasteiger partial charge in [0.25, 0.3) is 5.91 Å². The van der Waals surface area contributed by atoms with Crippen molar-refractivity contribution in [1.29, 1.82) is 0 Å². The van der Waals surface area contributed by atoms with Crippen LogP contribution in [0.5, 0.6) is 0 Å². The topological polar surface area (TPSA) is 61.4 Å². The quantitative estimate of drug-likeness (QED) is 0.283. The first-order valence-corrected chi connectivity index (χ1v) is 12.5. The summed E-state index contributed by atoms with van der Waals surface area (Å²) in [6.45, 7) is 2.84. The van der Waals surface area contributed by atoms with E-state index in [2.05, 4.69) is 29.7 Å². The van der Waals surface area contributed by atoms with Gasteiger partial charge in [0.05, 0.1) is 12.1 Å². The molecule has 4 aromatic rings. The van der Waals surface area contributed by atoms with Gasteiger partial charge in [0.15, 0.2) is 0 Å². The minimum absolute atomic E-state index is 0.0787. The highest BCUT2D eigenvalue weighted by Crippen LogP contribution is 2.22. The maximum Gasteiger partial charge on any atom is 0.251 e. The smallest absolute Gasteiger partial charge is 0.251 e. The van der Waals surface area contributed by atoms with Gasteiger partial charge in [0, 0.05) is 29.4 Å². The molecule has 3 N–H and O–H groups in total. The van der Waals surface area contributed by atoms with Crippen molar-refractivity contribution in [1.82, 2.24) is 10.6 Å². The van der Waals surface area contributed by atoms with Gasteiger partial charge >= 0.3 is 0 Å². The molecular formula is C28H28F2N2O2S. The number of carbonyl (C=O) groups is 1. The van der Waals surface area contributed by atoms with Gasteiger partial charge < -0.3 is 15.7 Å². The van der Waals surface area contributed by atoms with Crippen LogP contribution in [-0.2, 0) is 19.4 Å². The highest BCUT2D eigenvalue weighted by Gasteiger charge is 2.23. The van der Waals surface area contributed by atoms with Crippen LogP contribution in [0.15, 0.2) is 72.1 Å². The van der Waals surface area contributed by atoms with Crippen LogP contribution >= 0.6 is 11.3 Å². The Kier molecular flexibility index (Phi) is 8.23. The minimum Gasteiger partial charge on any atom is -0.390 e. The first-order chi connectivity index (χ1) is 16.9. The zero-order valence-electron chi connectivity index (χ0n) is 19.4. The van der Waals surface area contributed by atoms with E-state index in [1.807, 2.05) is 29.6 Å². The standard InChI is InChI=1S/C28H28F2N2O2S/c1-2-18-4-3-5-19(10-18)16-31-17-26(33)25(13-20-11-23(29)15-24(30)12-20)32-28(34)22-6-7-27-21(14-22)8-9-35-27/h3-12,14-15,25-26,31,33H,2,13,16-17H2,1H3,(H,32,34). The Labute approximate surface area is 207 Å². The molecule has 0 saturated carbocycles. The van der Waals surface area contributed by atoms with Crippen molar-refractivity contribution in [2.45, 2.75) is 38.5 Å². The average molecular weight is 495 g/mol. The number of rotatable bonds is 10. The lowest BCUT2D eigenvalue weighted by Crippen LogP contribution is -2.48. The van der Waals surface area contributed by atoms with Gasteiger partial charge in [-0.1, -0.05) is 31.2 Å². The number of halogens is 2. The Balaban J connectivity index is 1.47. The second-order valence-corrected chi connectivity index (χ2v) is 9.55. The molecule has 0 aliphatic carbocycles. The first-order valence-electron chi connectivity index (χ1n) is 11.6. The van der Waals surface area contributed by atoms with E-state index >= 15 is 0 Å². The lowest BCUT2D eigenvalue weighted by molar-refractivity contribution is 0.0830. The zero-order valence-corrected chi connectivity index (χ0v) is 20.2. The molecule has 1 amide bonds. The van der Waals surface area contributed by atoms with E-state index in [1.54, 1.807) is 23.5 Å². The molecule has 182 valence electrons. The maximum atomic E-state index is 13.8. The first kappa shape index (κ1) is 25.0. The number of amides is 1. The Bertz CT molecular complexity index is 1290. The molecule has 0 radical (unpaired) electrons. The zero-order chi connectivity index (χ0) is 24.8. The molecule has 4 rings (SSSR count). The van der Waals surface area contributed by atoms with Gasteiger partial charge in [0.2, 0.25) is 0 Å². The van der Waals surface area contributed by atoms with E-state index < -0.39 is 23.8 Å². The second kappa shape index (κ2) is 11.5. The van der Waals surface area contributed by atoms with Crippen molar-refractivity contribution in [2.75, 3.05) is 6.54 Å². The number of carbonyl (C=O) groups excluding carboxylic acids is 1. The lowest BCUT2D eigenvalue weighted by Gasteiger charge is -2.25. The third kappa shape index (κ3) is 6.72.